The summed E-state index contributed by atoms with van der Waals surface area (Å²) in [6.45, 7) is 0.226. The number of rotatable bonds is 3. The highest BCUT2D eigenvalue weighted by Crippen LogP contribution is 2.04. The Kier molecular flexibility index (Phi) is 3.66. The lowest BCUT2D eigenvalue weighted by Crippen LogP contribution is -2.36. The highest BCUT2D eigenvalue weighted by molar-refractivity contribution is 6.39. The van der Waals surface area contributed by atoms with Gasteiger partial charge in [-0.15, -0.1) is 0 Å². The van der Waals surface area contributed by atoms with Crippen molar-refractivity contribution in [2.24, 2.45) is 5.10 Å². The Balaban J connectivity index is 1.91. The molecular formula is C12H12FN3O2. The summed E-state index contributed by atoms with van der Waals surface area (Å²) >= 11 is 0. The summed E-state index contributed by atoms with van der Waals surface area (Å²) in [5.41, 5.74) is 3.20. The zero-order chi connectivity index (χ0) is 13.0. The molecule has 6 heteroatoms. The molecule has 0 atom stereocenters. The minimum atomic E-state index is -0.348. The van der Waals surface area contributed by atoms with Gasteiger partial charge in [0, 0.05) is 19.4 Å². The molecule has 5 nitrogen and oxygen atoms in total. The first-order valence-corrected chi connectivity index (χ1v) is 5.53. The van der Waals surface area contributed by atoms with Gasteiger partial charge in [0.2, 0.25) is 5.91 Å². The topological polar surface area (TPSA) is 70.6 Å². The van der Waals surface area contributed by atoms with E-state index in [1.54, 1.807) is 12.1 Å². The van der Waals surface area contributed by atoms with Crippen LogP contribution in [-0.4, -0.2) is 17.5 Å². The van der Waals surface area contributed by atoms with E-state index < -0.39 is 0 Å². The number of nitrogens with one attached hydrogen (secondary N) is 2. The van der Waals surface area contributed by atoms with Crippen molar-refractivity contribution in [3.63, 3.8) is 0 Å². The Morgan fingerprint density at radius 2 is 2.28 bits per heavy atom. The first kappa shape index (κ1) is 12.2. The molecule has 1 aromatic rings. The quantitative estimate of drug-likeness (QED) is 0.828. The SMILES string of the molecule is O=C1CCC(C(=O)NCc2cccc(F)c2)=NN1. The van der Waals surface area contributed by atoms with E-state index in [2.05, 4.69) is 15.8 Å². The molecule has 1 aliphatic heterocycles. The van der Waals surface area contributed by atoms with Crippen molar-refractivity contribution in [3.8, 4) is 0 Å². The lowest BCUT2D eigenvalue weighted by atomic mass is 10.1. The highest BCUT2D eigenvalue weighted by Gasteiger charge is 2.17. The maximum absolute atomic E-state index is 12.9. The molecule has 0 fully saturated rings. The number of carbonyl (C=O) groups is 2. The van der Waals surface area contributed by atoms with Crippen LogP contribution in [0.3, 0.4) is 0 Å². The molecule has 0 radical (unpaired) electrons. The second-order valence-electron chi connectivity index (χ2n) is 3.91. The smallest absolute Gasteiger partial charge is 0.267 e. The van der Waals surface area contributed by atoms with E-state index in [0.29, 0.717) is 12.0 Å². The van der Waals surface area contributed by atoms with Crippen LogP contribution in [0.5, 0.6) is 0 Å². The Bertz CT molecular complexity index is 514. The number of carbonyl (C=O) groups excluding carboxylic acids is 2. The average molecular weight is 249 g/mol. The number of hydrazone groups is 1. The molecule has 0 aromatic heterocycles. The fourth-order valence-corrected chi connectivity index (χ4v) is 1.57. The van der Waals surface area contributed by atoms with Crippen molar-refractivity contribution in [2.75, 3.05) is 0 Å². The molecule has 0 bridgehead atoms. The Morgan fingerprint density at radius 1 is 1.44 bits per heavy atom. The predicted molar refractivity (Wildman–Crippen MR) is 63.1 cm³/mol. The number of hydrogen-bond acceptors (Lipinski definition) is 3. The summed E-state index contributed by atoms with van der Waals surface area (Å²) in [4.78, 5) is 22.5. The van der Waals surface area contributed by atoms with Gasteiger partial charge in [0.1, 0.15) is 11.5 Å². The predicted octanol–water partition coefficient (Wildman–Crippen LogP) is 0.708. The van der Waals surface area contributed by atoms with Crippen molar-refractivity contribution in [3.05, 3.63) is 35.6 Å². The van der Waals surface area contributed by atoms with E-state index in [4.69, 9.17) is 0 Å². The van der Waals surface area contributed by atoms with Gasteiger partial charge in [-0.05, 0) is 17.7 Å². The molecule has 0 saturated carbocycles. The zero-order valence-electron chi connectivity index (χ0n) is 9.57. The maximum atomic E-state index is 12.9. The molecule has 94 valence electrons. The van der Waals surface area contributed by atoms with Crippen LogP contribution >= 0.6 is 0 Å². The van der Waals surface area contributed by atoms with Crippen LogP contribution in [0.2, 0.25) is 0 Å². The molecule has 0 aliphatic carbocycles. The molecule has 1 aliphatic rings. The second kappa shape index (κ2) is 5.39. The fraction of sp³-hybridized carbons (Fsp3) is 0.250. The van der Waals surface area contributed by atoms with E-state index in [-0.39, 0.29) is 36.3 Å². The van der Waals surface area contributed by atoms with E-state index in [1.165, 1.54) is 12.1 Å². The molecular weight excluding hydrogens is 237 g/mol. The maximum Gasteiger partial charge on any atom is 0.267 e. The van der Waals surface area contributed by atoms with E-state index in [0.717, 1.165) is 0 Å². The third-order valence-corrected chi connectivity index (χ3v) is 2.51. The first-order valence-electron chi connectivity index (χ1n) is 5.53. The summed E-state index contributed by atoms with van der Waals surface area (Å²) < 4.78 is 12.9. The Morgan fingerprint density at radius 3 is 2.94 bits per heavy atom. The average Bonchev–Trinajstić information content (AvgIpc) is 2.37. The van der Waals surface area contributed by atoms with Gasteiger partial charge in [-0.25, -0.2) is 9.82 Å². The summed E-state index contributed by atoms with van der Waals surface area (Å²) in [7, 11) is 0. The highest BCUT2D eigenvalue weighted by atomic mass is 19.1. The second-order valence-corrected chi connectivity index (χ2v) is 3.91. The van der Waals surface area contributed by atoms with Crippen LogP contribution in [0.1, 0.15) is 18.4 Å². The van der Waals surface area contributed by atoms with Crippen molar-refractivity contribution >= 4 is 17.5 Å². The molecule has 2 amide bonds. The van der Waals surface area contributed by atoms with Crippen molar-refractivity contribution < 1.29 is 14.0 Å². The van der Waals surface area contributed by atoms with Crippen molar-refractivity contribution in [2.45, 2.75) is 19.4 Å². The van der Waals surface area contributed by atoms with Crippen LogP contribution in [0, 0.1) is 5.82 Å². The molecule has 0 unspecified atom stereocenters. The Hall–Kier alpha value is -2.24. The third kappa shape index (κ3) is 3.13. The van der Waals surface area contributed by atoms with Gasteiger partial charge in [-0.2, -0.15) is 5.10 Å². The van der Waals surface area contributed by atoms with Gasteiger partial charge in [-0.1, -0.05) is 12.1 Å². The number of nitrogens with zero attached hydrogens (tertiary/aromatic N) is 1. The van der Waals surface area contributed by atoms with Gasteiger partial charge >= 0.3 is 0 Å². The van der Waals surface area contributed by atoms with Gasteiger partial charge in [-0.3, -0.25) is 9.59 Å². The number of halogens is 1. The minimum absolute atomic E-state index is 0.198. The van der Waals surface area contributed by atoms with Gasteiger partial charge in [0.25, 0.3) is 5.91 Å². The largest absolute Gasteiger partial charge is 0.347 e. The van der Waals surface area contributed by atoms with Crippen molar-refractivity contribution in [1.29, 1.82) is 0 Å². The number of benzene rings is 1. The van der Waals surface area contributed by atoms with Crippen LogP contribution in [0.4, 0.5) is 4.39 Å². The summed E-state index contributed by atoms with van der Waals surface area (Å²) in [6, 6.07) is 5.99. The van der Waals surface area contributed by atoms with Gasteiger partial charge in [0.15, 0.2) is 0 Å². The molecule has 0 saturated heterocycles. The van der Waals surface area contributed by atoms with E-state index in [1.807, 2.05) is 0 Å². The standard InChI is InChI=1S/C12H12FN3O2/c13-9-3-1-2-8(6-9)7-14-12(18)10-4-5-11(17)16-15-10/h1-3,6H,4-5,7H2,(H,14,18)(H,16,17). The monoisotopic (exact) mass is 249 g/mol. The third-order valence-electron chi connectivity index (χ3n) is 2.51. The van der Waals surface area contributed by atoms with Crippen LogP contribution in [0.15, 0.2) is 29.4 Å². The fourth-order valence-electron chi connectivity index (χ4n) is 1.57. The summed E-state index contributed by atoms with van der Waals surface area (Å²) in [6.07, 6.45) is 0.576. The molecule has 1 heterocycles. The Labute approximate surface area is 103 Å². The number of hydrogen-bond donors (Lipinski definition) is 2. The molecule has 2 rings (SSSR count). The summed E-state index contributed by atoms with van der Waals surface area (Å²) in [5, 5.41) is 6.29. The van der Waals surface area contributed by atoms with Crippen LogP contribution < -0.4 is 10.7 Å². The van der Waals surface area contributed by atoms with E-state index >= 15 is 0 Å². The van der Waals surface area contributed by atoms with Crippen LogP contribution in [-0.2, 0) is 16.1 Å². The lowest BCUT2D eigenvalue weighted by Gasteiger charge is -2.11. The number of amides is 2. The molecule has 2 N–H and O–H groups in total. The zero-order valence-corrected chi connectivity index (χ0v) is 9.57. The normalized spacial score (nSPS) is 14.7. The lowest BCUT2D eigenvalue weighted by molar-refractivity contribution is -0.121. The van der Waals surface area contributed by atoms with Gasteiger partial charge in [0.05, 0.1) is 0 Å². The minimum Gasteiger partial charge on any atom is -0.347 e. The van der Waals surface area contributed by atoms with E-state index in [9.17, 15) is 14.0 Å². The summed E-state index contributed by atoms with van der Waals surface area (Å²) in [5.74, 6) is -0.889. The van der Waals surface area contributed by atoms with Crippen LogP contribution in [0.25, 0.3) is 0 Å². The first-order chi connectivity index (χ1) is 8.65. The molecule has 1 aromatic carbocycles. The van der Waals surface area contributed by atoms with Crippen molar-refractivity contribution in [1.82, 2.24) is 10.7 Å². The molecule has 18 heavy (non-hydrogen) atoms. The van der Waals surface area contributed by atoms with Gasteiger partial charge < -0.3 is 5.32 Å². The molecule has 0 spiro atoms.